The van der Waals surface area contributed by atoms with Gasteiger partial charge in [-0.25, -0.2) is 0 Å². The molecule has 0 radical (unpaired) electrons. The van der Waals surface area contributed by atoms with Gasteiger partial charge in [-0.15, -0.1) is 11.3 Å². The molecule has 1 aromatic carbocycles. The Bertz CT molecular complexity index is 918. The third-order valence-corrected chi connectivity index (χ3v) is 7.04. The van der Waals surface area contributed by atoms with Crippen molar-refractivity contribution in [3.63, 3.8) is 0 Å². The molecule has 2 aromatic rings. The quantitative estimate of drug-likeness (QED) is 0.759. The normalized spacial score (nSPS) is 22.3. The van der Waals surface area contributed by atoms with Gasteiger partial charge in [-0.2, -0.15) is 0 Å². The molecule has 7 heteroatoms. The summed E-state index contributed by atoms with van der Waals surface area (Å²) in [6.07, 6.45) is 0.912. The monoisotopic (exact) mass is 425 g/mol. The fraction of sp³-hybridized carbons (Fsp3) is 0.435. The Balaban J connectivity index is 1.63. The molecule has 6 nitrogen and oxygen atoms in total. The van der Waals surface area contributed by atoms with Crippen LogP contribution in [0.25, 0.3) is 0 Å². The first-order valence-corrected chi connectivity index (χ1v) is 11.3. The van der Waals surface area contributed by atoms with Crippen molar-refractivity contribution in [3.05, 3.63) is 52.2 Å². The van der Waals surface area contributed by atoms with Crippen molar-refractivity contribution in [1.29, 1.82) is 0 Å². The molecule has 2 atom stereocenters. The van der Waals surface area contributed by atoms with Crippen LogP contribution in [0.5, 0.6) is 0 Å². The number of piperidine rings is 1. The minimum Gasteiger partial charge on any atom is -0.339 e. The summed E-state index contributed by atoms with van der Waals surface area (Å²) in [5.41, 5.74) is 1.97. The molecule has 2 aliphatic rings. The van der Waals surface area contributed by atoms with Gasteiger partial charge >= 0.3 is 0 Å². The van der Waals surface area contributed by atoms with Crippen LogP contribution in [0.4, 0.5) is 5.69 Å². The molecule has 2 fully saturated rings. The largest absolute Gasteiger partial charge is 0.339 e. The standard InChI is InChI=1S/C23H27N3O3S/c1-16-5-7-18(8-6-16)26-21(28)10-9-19(22(26)20-4-3-15-30-20)23(29)25-13-11-24(12-14-25)17(2)27/h3-8,15,19,22H,9-14H2,1-2H3/t19-,22-/m1/s1. The average Bonchev–Trinajstić information content (AvgIpc) is 3.28. The van der Waals surface area contributed by atoms with Crippen LogP contribution in [-0.4, -0.2) is 53.7 Å². The third-order valence-electron chi connectivity index (χ3n) is 6.10. The Kier molecular flexibility index (Phi) is 5.90. The van der Waals surface area contributed by atoms with E-state index in [0.29, 0.717) is 39.0 Å². The van der Waals surface area contributed by atoms with Gasteiger partial charge in [0, 0.05) is 50.1 Å². The van der Waals surface area contributed by atoms with Crippen molar-refractivity contribution in [2.24, 2.45) is 5.92 Å². The molecule has 1 aromatic heterocycles. The van der Waals surface area contributed by atoms with E-state index in [1.807, 2.05) is 58.5 Å². The number of carbonyl (C=O) groups excluding carboxylic acids is 3. The van der Waals surface area contributed by atoms with Crippen LogP contribution >= 0.6 is 11.3 Å². The van der Waals surface area contributed by atoms with Gasteiger partial charge < -0.3 is 14.7 Å². The molecule has 0 unspecified atom stereocenters. The number of nitrogens with zero attached hydrogens (tertiary/aromatic N) is 3. The first-order chi connectivity index (χ1) is 14.5. The van der Waals surface area contributed by atoms with Crippen molar-refractivity contribution in [1.82, 2.24) is 9.80 Å². The molecule has 158 valence electrons. The summed E-state index contributed by atoms with van der Waals surface area (Å²) in [6, 6.07) is 11.6. The highest BCUT2D eigenvalue weighted by atomic mass is 32.1. The lowest BCUT2D eigenvalue weighted by atomic mass is 9.85. The van der Waals surface area contributed by atoms with E-state index >= 15 is 0 Å². The summed E-state index contributed by atoms with van der Waals surface area (Å²) in [6.45, 7) is 5.81. The lowest BCUT2D eigenvalue weighted by Crippen LogP contribution is -2.54. The van der Waals surface area contributed by atoms with Crippen molar-refractivity contribution in [3.8, 4) is 0 Å². The lowest BCUT2D eigenvalue weighted by Gasteiger charge is -2.43. The molecule has 4 rings (SSSR count). The fourth-order valence-corrected chi connectivity index (χ4v) is 5.30. The van der Waals surface area contributed by atoms with E-state index in [9.17, 15) is 14.4 Å². The van der Waals surface area contributed by atoms with Crippen molar-refractivity contribution >= 4 is 34.7 Å². The molecule has 0 spiro atoms. The molecule has 3 heterocycles. The van der Waals surface area contributed by atoms with Crippen LogP contribution in [0.3, 0.4) is 0 Å². The first-order valence-electron chi connectivity index (χ1n) is 10.4. The van der Waals surface area contributed by atoms with E-state index < -0.39 is 0 Å². The van der Waals surface area contributed by atoms with Crippen LogP contribution in [0.2, 0.25) is 0 Å². The smallest absolute Gasteiger partial charge is 0.228 e. The first kappa shape index (κ1) is 20.6. The molecule has 0 aliphatic carbocycles. The summed E-state index contributed by atoms with van der Waals surface area (Å²) < 4.78 is 0. The summed E-state index contributed by atoms with van der Waals surface area (Å²) >= 11 is 1.59. The van der Waals surface area contributed by atoms with Gasteiger partial charge in [0.1, 0.15) is 0 Å². The molecule has 2 aliphatic heterocycles. The van der Waals surface area contributed by atoms with Crippen LogP contribution in [0.15, 0.2) is 41.8 Å². The Hall–Kier alpha value is -2.67. The molecule has 3 amide bonds. The van der Waals surface area contributed by atoms with E-state index in [1.54, 1.807) is 23.2 Å². The van der Waals surface area contributed by atoms with Crippen LogP contribution in [-0.2, 0) is 14.4 Å². The number of hydrogen-bond acceptors (Lipinski definition) is 4. The average molecular weight is 426 g/mol. The van der Waals surface area contributed by atoms with Crippen LogP contribution < -0.4 is 4.90 Å². The Labute approximate surface area is 181 Å². The predicted octanol–water partition coefficient (Wildman–Crippen LogP) is 3.23. The summed E-state index contributed by atoms with van der Waals surface area (Å²) in [5, 5.41) is 1.99. The Morgan fingerprint density at radius 2 is 1.67 bits per heavy atom. The van der Waals surface area contributed by atoms with E-state index in [1.165, 1.54) is 0 Å². The molecular weight excluding hydrogens is 398 g/mol. The maximum Gasteiger partial charge on any atom is 0.228 e. The number of thiophene rings is 1. The maximum atomic E-state index is 13.6. The van der Waals surface area contributed by atoms with Crippen LogP contribution in [0.1, 0.15) is 36.2 Å². The van der Waals surface area contributed by atoms with Gasteiger partial charge in [0.2, 0.25) is 17.7 Å². The second-order valence-electron chi connectivity index (χ2n) is 8.04. The fourth-order valence-electron chi connectivity index (χ4n) is 4.42. The third kappa shape index (κ3) is 3.99. The SMILES string of the molecule is CC(=O)N1CCN(C(=O)[C@@H]2CCC(=O)N(c3ccc(C)cc3)[C@H]2c2cccs2)CC1. The molecule has 0 bridgehead atoms. The van der Waals surface area contributed by atoms with E-state index in [4.69, 9.17) is 0 Å². The Morgan fingerprint density at radius 3 is 2.27 bits per heavy atom. The number of rotatable bonds is 3. The highest BCUT2D eigenvalue weighted by molar-refractivity contribution is 7.10. The lowest BCUT2D eigenvalue weighted by molar-refractivity contribution is -0.143. The molecule has 30 heavy (non-hydrogen) atoms. The van der Waals surface area contributed by atoms with Gasteiger partial charge in [-0.1, -0.05) is 23.8 Å². The minimum absolute atomic E-state index is 0.0485. The van der Waals surface area contributed by atoms with Crippen LogP contribution in [0, 0.1) is 12.8 Å². The zero-order valence-corrected chi connectivity index (χ0v) is 18.2. The van der Waals surface area contributed by atoms with E-state index in [0.717, 1.165) is 16.1 Å². The zero-order chi connectivity index (χ0) is 21.3. The summed E-state index contributed by atoms with van der Waals surface area (Å²) in [4.78, 5) is 44.7. The zero-order valence-electron chi connectivity index (χ0n) is 17.4. The van der Waals surface area contributed by atoms with E-state index in [-0.39, 0.29) is 29.7 Å². The maximum absolute atomic E-state index is 13.6. The summed E-state index contributed by atoms with van der Waals surface area (Å²) in [5.74, 6) is -0.0946. The molecular formula is C23H27N3O3S. The number of amides is 3. The number of piperazine rings is 1. The highest BCUT2D eigenvalue weighted by Gasteiger charge is 2.43. The second kappa shape index (κ2) is 8.60. The molecule has 0 N–H and O–H groups in total. The van der Waals surface area contributed by atoms with Crippen molar-refractivity contribution in [2.75, 3.05) is 31.1 Å². The van der Waals surface area contributed by atoms with Gasteiger partial charge in [-0.05, 0) is 36.9 Å². The number of benzene rings is 1. The topological polar surface area (TPSA) is 60.9 Å². The minimum atomic E-state index is -0.299. The number of carbonyl (C=O) groups is 3. The Morgan fingerprint density at radius 1 is 1.00 bits per heavy atom. The number of hydrogen-bond donors (Lipinski definition) is 0. The van der Waals surface area contributed by atoms with Gasteiger partial charge in [0.05, 0.1) is 12.0 Å². The summed E-state index contributed by atoms with van der Waals surface area (Å²) in [7, 11) is 0. The van der Waals surface area contributed by atoms with Gasteiger partial charge in [-0.3, -0.25) is 14.4 Å². The van der Waals surface area contributed by atoms with Gasteiger partial charge in [0.25, 0.3) is 0 Å². The number of aryl methyl sites for hydroxylation is 1. The second-order valence-corrected chi connectivity index (χ2v) is 9.02. The highest BCUT2D eigenvalue weighted by Crippen LogP contribution is 2.42. The van der Waals surface area contributed by atoms with Crippen molar-refractivity contribution < 1.29 is 14.4 Å². The van der Waals surface area contributed by atoms with Crippen molar-refractivity contribution in [2.45, 2.75) is 32.7 Å². The number of anilines is 1. The van der Waals surface area contributed by atoms with E-state index in [2.05, 4.69) is 0 Å². The predicted molar refractivity (Wildman–Crippen MR) is 117 cm³/mol. The molecule has 0 saturated carbocycles. The van der Waals surface area contributed by atoms with Gasteiger partial charge in [0.15, 0.2) is 0 Å². The molecule has 2 saturated heterocycles.